The highest BCUT2D eigenvalue weighted by Crippen LogP contribution is 2.25. The van der Waals surface area contributed by atoms with Crippen LogP contribution in [0, 0.1) is 13.8 Å². The van der Waals surface area contributed by atoms with E-state index in [1.54, 1.807) is 6.92 Å². The molecule has 0 fully saturated rings. The smallest absolute Gasteiger partial charge is 0.405 e. The fourth-order valence-corrected chi connectivity index (χ4v) is 0.838. The van der Waals surface area contributed by atoms with Crippen molar-refractivity contribution in [1.82, 2.24) is 4.98 Å². The Morgan fingerprint density at radius 2 is 1.92 bits per heavy atom. The van der Waals surface area contributed by atoms with Gasteiger partial charge >= 0.3 is 6.36 Å². The molecule has 2 nitrogen and oxygen atoms in total. The molecule has 0 aliphatic carbocycles. The Labute approximate surface area is 73.4 Å². The van der Waals surface area contributed by atoms with E-state index in [1.165, 1.54) is 19.2 Å². The highest BCUT2D eigenvalue weighted by Gasteiger charge is 2.31. The third kappa shape index (κ3) is 2.93. The summed E-state index contributed by atoms with van der Waals surface area (Å²) in [6, 6.07) is 1.25. The van der Waals surface area contributed by atoms with Gasteiger partial charge in [-0.15, -0.1) is 13.2 Å². The van der Waals surface area contributed by atoms with Crippen LogP contribution in [0.1, 0.15) is 11.3 Å². The Kier molecular flexibility index (Phi) is 2.45. The van der Waals surface area contributed by atoms with Gasteiger partial charge < -0.3 is 4.74 Å². The molecule has 0 spiro atoms. The van der Waals surface area contributed by atoms with Crippen LogP contribution in [-0.4, -0.2) is 11.3 Å². The van der Waals surface area contributed by atoms with E-state index >= 15 is 0 Å². The number of halogens is 3. The molecule has 5 heteroatoms. The second-order valence-corrected chi connectivity index (χ2v) is 2.64. The average molecular weight is 191 g/mol. The topological polar surface area (TPSA) is 22.1 Å². The second-order valence-electron chi connectivity index (χ2n) is 2.64. The third-order valence-electron chi connectivity index (χ3n) is 1.42. The van der Waals surface area contributed by atoms with Crippen molar-refractivity contribution in [3.05, 3.63) is 23.5 Å². The molecule has 0 unspecified atom stereocenters. The van der Waals surface area contributed by atoms with Crippen molar-refractivity contribution in [3.63, 3.8) is 0 Å². The van der Waals surface area contributed by atoms with Crippen molar-refractivity contribution in [2.45, 2.75) is 20.2 Å². The van der Waals surface area contributed by atoms with E-state index in [9.17, 15) is 13.2 Å². The fraction of sp³-hybridized carbons (Fsp3) is 0.375. The lowest BCUT2D eigenvalue weighted by atomic mass is 10.2. The van der Waals surface area contributed by atoms with E-state index in [2.05, 4.69) is 9.72 Å². The van der Waals surface area contributed by atoms with Crippen LogP contribution >= 0.6 is 0 Å². The molecule has 0 aromatic carbocycles. The van der Waals surface area contributed by atoms with E-state index in [0.717, 1.165) is 0 Å². The Balaban J connectivity index is 2.94. The molecule has 0 N–H and O–H groups in total. The van der Waals surface area contributed by atoms with Gasteiger partial charge in [-0.2, -0.15) is 0 Å². The van der Waals surface area contributed by atoms with E-state index in [-0.39, 0.29) is 5.75 Å². The lowest BCUT2D eigenvalue weighted by Crippen LogP contribution is -2.17. The maximum Gasteiger partial charge on any atom is 0.573 e. The van der Waals surface area contributed by atoms with Gasteiger partial charge in [0.05, 0.1) is 0 Å². The first-order valence-corrected chi connectivity index (χ1v) is 3.57. The van der Waals surface area contributed by atoms with Crippen molar-refractivity contribution in [2.75, 3.05) is 0 Å². The van der Waals surface area contributed by atoms with Gasteiger partial charge in [0.2, 0.25) is 0 Å². The van der Waals surface area contributed by atoms with Crippen molar-refractivity contribution < 1.29 is 17.9 Å². The molecule has 13 heavy (non-hydrogen) atoms. The zero-order valence-electron chi connectivity index (χ0n) is 7.14. The highest BCUT2D eigenvalue weighted by molar-refractivity contribution is 5.31. The second kappa shape index (κ2) is 3.24. The Morgan fingerprint density at radius 3 is 2.46 bits per heavy atom. The van der Waals surface area contributed by atoms with Gasteiger partial charge in [-0.3, -0.25) is 4.98 Å². The van der Waals surface area contributed by atoms with Crippen LogP contribution in [0.2, 0.25) is 0 Å². The van der Waals surface area contributed by atoms with Gasteiger partial charge in [-0.1, -0.05) is 0 Å². The summed E-state index contributed by atoms with van der Waals surface area (Å²) in [7, 11) is 0. The third-order valence-corrected chi connectivity index (χ3v) is 1.42. The first-order chi connectivity index (χ1) is 5.88. The van der Waals surface area contributed by atoms with E-state index < -0.39 is 6.36 Å². The van der Waals surface area contributed by atoms with Crippen LogP contribution in [0.15, 0.2) is 12.3 Å². The minimum Gasteiger partial charge on any atom is -0.405 e. The van der Waals surface area contributed by atoms with Gasteiger partial charge in [0.1, 0.15) is 5.75 Å². The Bertz CT molecular complexity index is 309. The van der Waals surface area contributed by atoms with Crippen LogP contribution in [0.25, 0.3) is 0 Å². The summed E-state index contributed by atoms with van der Waals surface area (Å²) in [6.07, 6.45) is -3.30. The average Bonchev–Trinajstić information content (AvgIpc) is 1.94. The van der Waals surface area contributed by atoms with Crippen molar-refractivity contribution in [3.8, 4) is 5.75 Å². The van der Waals surface area contributed by atoms with E-state index in [1.807, 2.05) is 0 Å². The highest BCUT2D eigenvalue weighted by atomic mass is 19.4. The zero-order chi connectivity index (χ0) is 10.1. The summed E-state index contributed by atoms with van der Waals surface area (Å²) in [4.78, 5) is 3.82. The minimum absolute atomic E-state index is 0.194. The number of hydrogen-bond acceptors (Lipinski definition) is 2. The summed E-state index contributed by atoms with van der Waals surface area (Å²) in [6.45, 7) is 3.11. The SMILES string of the molecule is Cc1cc(OC(F)(F)F)c(C)cn1. The van der Waals surface area contributed by atoms with Crippen LogP contribution in [0.3, 0.4) is 0 Å². The molecule has 1 aromatic rings. The molecule has 0 aliphatic rings. The summed E-state index contributed by atoms with van der Waals surface area (Å²) in [5.74, 6) is -0.194. The van der Waals surface area contributed by atoms with E-state index in [0.29, 0.717) is 11.3 Å². The van der Waals surface area contributed by atoms with Crippen LogP contribution in [0.5, 0.6) is 5.75 Å². The molecule has 0 saturated carbocycles. The maximum absolute atomic E-state index is 11.8. The molecule has 72 valence electrons. The monoisotopic (exact) mass is 191 g/mol. The molecule has 0 atom stereocenters. The summed E-state index contributed by atoms with van der Waals surface area (Å²) in [5.41, 5.74) is 0.854. The van der Waals surface area contributed by atoms with Crippen LogP contribution in [0.4, 0.5) is 13.2 Å². The largest absolute Gasteiger partial charge is 0.573 e. The van der Waals surface area contributed by atoms with E-state index in [4.69, 9.17) is 0 Å². The maximum atomic E-state index is 11.8. The molecule has 1 aromatic heterocycles. The van der Waals surface area contributed by atoms with Gasteiger partial charge in [0.15, 0.2) is 0 Å². The predicted molar refractivity (Wildman–Crippen MR) is 40.4 cm³/mol. The Hall–Kier alpha value is -1.26. The molecule has 1 rings (SSSR count). The first kappa shape index (κ1) is 9.83. The number of pyridine rings is 1. The number of ether oxygens (including phenoxy) is 1. The molecule has 0 radical (unpaired) electrons. The zero-order valence-corrected chi connectivity index (χ0v) is 7.14. The van der Waals surface area contributed by atoms with Crippen LogP contribution < -0.4 is 4.74 Å². The summed E-state index contributed by atoms with van der Waals surface area (Å²) >= 11 is 0. The number of aryl methyl sites for hydroxylation is 2. The molecule has 0 amide bonds. The number of hydrogen-bond donors (Lipinski definition) is 0. The van der Waals surface area contributed by atoms with Gasteiger partial charge in [0, 0.05) is 23.5 Å². The normalized spacial score (nSPS) is 11.5. The van der Waals surface area contributed by atoms with Gasteiger partial charge in [-0.05, 0) is 13.8 Å². The number of aromatic nitrogens is 1. The van der Waals surface area contributed by atoms with Crippen molar-refractivity contribution in [2.24, 2.45) is 0 Å². The van der Waals surface area contributed by atoms with Crippen molar-refractivity contribution >= 4 is 0 Å². The first-order valence-electron chi connectivity index (χ1n) is 3.57. The lowest BCUT2D eigenvalue weighted by molar-refractivity contribution is -0.274. The fourth-order valence-electron chi connectivity index (χ4n) is 0.838. The lowest BCUT2D eigenvalue weighted by Gasteiger charge is -2.10. The molecular formula is C8H8F3NO. The molecule has 1 heterocycles. The van der Waals surface area contributed by atoms with Gasteiger partial charge in [0.25, 0.3) is 0 Å². The summed E-state index contributed by atoms with van der Waals surface area (Å²) < 4.78 is 39.2. The Morgan fingerprint density at radius 1 is 1.31 bits per heavy atom. The number of nitrogens with zero attached hydrogens (tertiary/aromatic N) is 1. The predicted octanol–water partition coefficient (Wildman–Crippen LogP) is 2.60. The number of rotatable bonds is 1. The summed E-state index contributed by atoms with van der Waals surface area (Å²) in [5, 5.41) is 0. The number of alkyl halides is 3. The standard InChI is InChI=1S/C8H8F3NO/c1-5-4-12-6(2)3-7(5)13-8(9,10)11/h3-4H,1-2H3. The van der Waals surface area contributed by atoms with Crippen LogP contribution in [-0.2, 0) is 0 Å². The molecule has 0 bridgehead atoms. The van der Waals surface area contributed by atoms with Gasteiger partial charge in [-0.25, -0.2) is 0 Å². The molecule has 0 aliphatic heterocycles. The van der Waals surface area contributed by atoms with Crippen molar-refractivity contribution in [1.29, 1.82) is 0 Å². The quantitative estimate of drug-likeness (QED) is 0.680. The molecular weight excluding hydrogens is 183 g/mol. The minimum atomic E-state index is -4.64. The molecule has 0 saturated heterocycles.